The van der Waals surface area contributed by atoms with E-state index in [9.17, 15) is 13.2 Å². The molecule has 7 nitrogen and oxygen atoms in total. The molecule has 0 radical (unpaired) electrons. The van der Waals surface area contributed by atoms with E-state index in [2.05, 4.69) is 15.1 Å². The third-order valence-corrected chi connectivity index (χ3v) is 5.42. The summed E-state index contributed by atoms with van der Waals surface area (Å²) in [5.41, 5.74) is 3.24. The number of carbonyl (C=O) groups is 1. The maximum absolute atomic E-state index is 12.4. The molecule has 0 fully saturated rings. The number of benzene rings is 1. The maximum atomic E-state index is 12.4. The second kappa shape index (κ2) is 7.69. The van der Waals surface area contributed by atoms with Crippen molar-refractivity contribution in [2.45, 2.75) is 38.0 Å². The van der Waals surface area contributed by atoms with E-state index in [0.717, 1.165) is 23.4 Å². The lowest BCUT2D eigenvalue weighted by Crippen LogP contribution is -2.32. The average Bonchev–Trinajstić information content (AvgIpc) is 2.88. The number of aromatic nitrogens is 2. The van der Waals surface area contributed by atoms with Crippen LogP contribution >= 0.6 is 0 Å². The summed E-state index contributed by atoms with van der Waals surface area (Å²) in [6, 6.07) is 6.30. The highest BCUT2D eigenvalue weighted by Crippen LogP contribution is 2.18. The number of hydrogen-bond donors (Lipinski definition) is 2. The summed E-state index contributed by atoms with van der Waals surface area (Å²) < 4.78 is 28.8. The first kappa shape index (κ1) is 19.0. The molecule has 1 aromatic heterocycles. The Balaban J connectivity index is 2.22. The van der Waals surface area contributed by atoms with Crippen molar-refractivity contribution in [3.05, 3.63) is 41.2 Å². The number of sulfonamides is 1. The van der Waals surface area contributed by atoms with E-state index in [1.807, 2.05) is 20.9 Å². The van der Waals surface area contributed by atoms with Crippen molar-refractivity contribution in [1.82, 2.24) is 14.5 Å². The normalized spacial score (nSPS) is 11.4. The van der Waals surface area contributed by atoms with Gasteiger partial charge in [-0.1, -0.05) is 19.9 Å². The number of carbonyl (C=O) groups excluding carboxylic acids is 1. The molecule has 2 aromatic rings. The molecule has 0 saturated heterocycles. The molecular weight excluding hydrogens is 340 g/mol. The molecular formula is C17H24N4O3S. The van der Waals surface area contributed by atoms with E-state index in [1.54, 1.807) is 23.9 Å². The van der Waals surface area contributed by atoms with E-state index >= 15 is 0 Å². The molecule has 8 heteroatoms. The monoisotopic (exact) mass is 364 g/mol. The molecule has 1 amide bonds. The summed E-state index contributed by atoms with van der Waals surface area (Å²) >= 11 is 0. The van der Waals surface area contributed by atoms with Gasteiger partial charge in [-0.3, -0.25) is 9.48 Å². The number of nitrogens with zero attached hydrogens (tertiary/aromatic N) is 2. The molecule has 0 bridgehead atoms. The number of nitrogens with one attached hydrogen (secondary N) is 2. The predicted molar refractivity (Wildman–Crippen MR) is 97.0 cm³/mol. The number of hydrogen-bond acceptors (Lipinski definition) is 5. The lowest BCUT2D eigenvalue weighted by molar-refractivity contribution is -0.118. The Kier molecular flexibility index (Phi) is 5.84. The van der Waals surface area contributed by atoms with E-state index in [1.165, 1.54) is 12.1 Å². The summed E-state index contributed by atoms with van der Waals surface area (Å²) in [4.78, 5) is 12.4. The van der Waals surface area contributed by atoms with E-state index in [-0.39, 0.29) is 11.3 Å². The second-order valence-electron chi connectivity index (χ2n) is 5.69. The van der Waals surface area contributed by atoms with Gasteiger partial charge in [-0.2, -0.15) is 5.10 Å². The molecule has 2 rings (SSSR count). The van der Waals surface area contributed by atoms with Gasteiger partial charge in [0.1, 0.15) is 0 Å². The van der Waals surface area contributed by atoms with Gasteiger partial charge in [0.25, 0.3) is 10.0 Å². The zero-order chi connectivity index (χ0) is 18.6. The number of anilines is 1. The molecule has 25 heavy (non-hydrogen) atoms. The van der Waals surface area contributed by atoms with Crippen molar-refractivity contribution in [3.63, 3.8) is 0 Å². The smallest absolute Gasteiger partial charge is 0.264 e. The first-order valence-electron chi connectivity index (χ1n) is 8.19. The first-order valence-corrected chi connectivity index (χ1v) is 9.67. The Morgan fingerprint density at radius 3 is 2.56 bits per heavy atom. The van der Waals surface area contributed by atoms with E-state index < -0.39 is 15.9 Å². The number of amides is 1. The van der Waals surface area contributed by atoms with Crippen LogP contribution in [0.1, 0.15) is 30.8 Å². The Morgan fingerprint density at radius 2 is 1.96 bits per heavy atom. The van der Waals surface area contributed by atoms with E-state index in [0.29, 0.717) is 12.1 Å². The van der Waals surface area contributed by atoms with Crippen molar-refractivity contribution < 1.29 is 13.2 Å². The minimum atomic E-state index is -3.91. The standard InChI is InChI=1S/C17H24N4O3S/c1-5-15-14(16(6-2)21(4)19-15)11-17(22)20-25(23,24)13-9-7-8-12(10-13)18-3/h7-10,18H,5-6,11H2,1-4H3,(H,20,22). The highest BCUT2D eigenvalue weighted by atomic mass is 32.2. The quantitative estimate of drug-likeness (QED) is 0.779. The minimum Gasteiger partial charge on any atom is -0.388 e. The largest absolute Gasteiger partial charge is 0.388 e. The molecule has 0 unspecified atom stereocenters. The zero-order valence-electron chi connectivity index (χ0n) is 15.0. The van der Waals surface area contributed by atoms with Gasteiger partial charge >= 0.3 is 0 Å². The van der Waals surface area contributed by atoms with Gasteiger partial charge in [-0.15, -0.1) is 0 Å². The Hall–Kier alpha value is -2.35. The van der Waals surface area contributed by atoms with Crippen molar-refractivity contribution in [1.29, 1.82) is 0 Å². The highest BCUT2D eigenvalue weighted by Gasteiger charge is 2.21. The van der Waals surface area contributed by atoms with Gasteiger partial charge in [0.05, 0.1) is 17.0 Å². The molecule has 0 spiro atoms. The number of aryl methyl sites for hydroxylation is 2. The fraction of sp³-hybridized carbons (Fsp3) is 0.412. The Morgan fingerprint density at radius 1 is 1.24 bits per heavy atom. The van der Waals surface area contributed by atoms with Gasteiger partial charge in [-0.25, -0.2) is 13.1 Å². The Labute approximate surface area is 148 Å². The molecule has 1 heterocycles. The van der Waals surface area contributed by atoms with Gasteiger partial charge in [0, 0.05) is 31.0 Å². The van der Waals surface area contributed by atoms with Crippen molar-refractivity contribution >= 4 is 21.6 Å². The topological polar surface area (TPSA) is 93.1 Å². The lowest BCUT2D eigenvalue weighted by atomic mass is 10.1. The average molecular weight is 364 g/mol. The van der Waals surface area contributed by atoms with Crippen molar-refractivity contribution in [2.75, 3.05) is 12.4 Å². The summed E-state index contributed by atoms with van der Waals surface area (Å²) in [6.07, 6.45) is 1.40. The Bertz CT molecular complexity index is 872. The molecule has 0 aliphatic carbocycles. The van der Waals surface area contributed by atoms with Gasteiger partial charge in [-0.05, 0) is 31.0 Å². The molecule has 0 aliphatic heterocycles. The summed E-state index contributed by atoms with van der Waals surface area (Å²) in [5.74, 6) is -0.563. The fourth-order valence-electron chi connectivity index (χ4n) is 2.82. The molecule has 0 saturated carbocycles. The third kappa shape index (κ3) is 4.19. The highest BCUT2D eigenvalue weighted by molar-refractivity contribution is 7.90. The first-order chi connectivity index (χ1) is 11.8. The van der Waals surface area contributed by atoms with Crippen LogP contribution in [-0.2, 0) is 41.1 Å². The second-order valence-corrected chi connectivity index (χ2v) is 7.37. The summed E-state index contributed by atoms with van der Waals surface area (Å²) in [7, 11) is -0.379. The summed E-state index contributed by atoms with van der Waals surface area (Å²) in [5, 5.41) is 7.29. The van der Waals surface area contributed by atoms with Gasteiger partial charge in [0.15, 0.2) is 0 Å². The molecule has 0 atom stereocenters. The van der Waals surface area contributed by atoms with Crippen LogP contribution < -0.4 is 10.0 Å². The van der Waals surface area contributed by atoms with Crippen LogP contribution in [-0.4, -0.2) is 31.2 Å². The lowest BCUT2D eigenvalue weighted by Gasteiger charge is -2.09. The van der Waals surface area contributed by atoms with Crippen LogP contribution in [0.15, 0.2) is 29.2 Å². The van der Waals surface area contributed by atoms with E-state index in [4.69, 9.17) is 0 Å². The molecule has 1 aromatic carbocycles. The summed E-state index contributed by atoms with van der Waals surface area (Å²) in [6.45, 7) is 3.95. The van der Waals surface area contributed by atoms with Crippen LogP contribution in [0.25, 0.3) is 0 Å². The third-order valence-electron chi connectivity index (χ3n) is 4.05. The van der Waals surface area contributed by atoms with Crippen LogP contribution in [0.3, 0.4) is 0 Å². The van der Waals surface area contributed by atoms with Gasteiger partial charge in [0.2, 0.25) is 5.91 Å². The number of rotatable bonds is 7. The minimum absolute atomic E-state index is 0.00879. The SMILES string of the molecule is CCc1nn(C)c(CC)c1CC(=O)NS(=O)(=O)c1cccc(NC)c1. The van der Waals surface area contributed by atoms with Crippen LogP contribution in [0.2, 0.25) is 0 Å². The predicted octanol–water partition coefficient (Wildman–Crippen LogP) is 1.63. The molecule has 0 aliphatic rings. The van der Waals surface area contributed by atoms with Crippen LogP contribution in [0.4, 0.5) is 5.69 Å². The molecule has 2 N–H and O–H groups in total. The van der Waals surface area contributed by atoms with Crippen molar-refractivity contribution in [2.24, 2.45) is 7.05 Å². The van der Waals surface area contributed by atoms with Crippen LogP contribution in [0.5, 0.6) is 0 Å². The van der Waals surface area contributed by atoms with Crippen molar-refractivity contribution in [3.8, 4) is 0 Å². The zero-order valence-corrected chi connectivity index (χ0v) is 15.8. The fourth-order valence-corrected chi connectivity index (χ4v) is 3.85. The van der Waals surface area contributed by atoms with Crippen LogP contribution in [0, 0.1) is 0 Å². The molecule has 136 valence electrons. The van der Waals surface area contributed by atoms with Gasteiger partial charge < -0.3 is 5.32 Å². The maximum Gasteiger partial charge on any atom is 0.264 e.